The van der Waals surface area contributed by atoms with Crippen LogP contribution in [-0.2, 0) is 24.4 Å². The highest BCUT2D eigenvalue weighted by molar-refractivity contribution is 9.10. The minimum Gasteiger partial charge on any atom is -0.494 e. The second kappa shape index (κ2) is 13.4. The number of aliphatic imine (C=N–C) groups is 1. The normalized spacial score (nSPS) is 13.9. The number of ether oxygens (including phenoxy) is 2. The van der Waals surface area contributed by atoms with Crippen molar-refractivity contribution < 1.29 is 18.7 Å². The van der Waals surface area contributed by atoms with E-state index in [0.717, 1.165) is 11.1 Å². The van der Waals surface area contributed by atoms with Crippen LogP contribution in [-0.4, -0.2) is 48.2 Å². The van der Waals surface area contributed by atoms with Crippen molar-refractivity contribution in [2.45, 2.75) is 26.6 Å². The van der Waals surface area contributed by atoms with Crippen LogP contribution >= 0.6 is 15.9 Å². The number of amides is 1. The molecule has 1 aliphatic rings. The molecule has 210 valence electrons. The molecule has 4 rings (SSSR count). The summed E-state index contributed by atoms with van der Waals surface area (Å²) in [5.74, 6) is -0.197. The van der Waals surface area contributed by atoms with Crippen LogP contribution in [0.25, 0.3) is 0 Å². The molecule has 0 spiro atoms. The van der Waals surface area contributed by atoms with Crippen molar-refractivity contribution in [3.63, 3.8) is 0 Å². The number of benzene rings is 2. The standard InChI is InChI=1S/C29H31BrFN5O4/c1-3-40-29(38)34-24-18-35(15-19-7-9-20(10-8-19)16-36-13-5-4-6-26(36)37)17-22(24)28(32)33-14-21-23(30)11-12-25(39-2)27(21)31/h4-13H,3,14-18H2,1-2H3,(H2,32,33)(H,34,38). The Bertz CT molecular complexity index is 1490. The number of amidine groups is 1. The summed E-state index contributed by atoms with van der Waals surface area (Å²) in [5.41, 5.74) is 9.94. The summed E-state index contributed by atoms with van der Waals surface area (Å²) in [7, 11) is 1.40. The topological polar surface area (TPSA) is 111 Å². The van der Waals surface area contributed by atoms with Gasteiger partial charge in [0.05, 0.1) is 26.8 Å². The number of alkyl carbamates (subject to hydrolysis) is 1. The van der Waals surface area contributed by atoms with E-state index in [9.17, 15) is 14.0 Å². The molecule has 0 atom stereocenters. The first-order valence-electron chi connectivity index (χ1n) is 12.7. The lowest BCUT2D eigenvalue weighted by Crippen LogP contribution is -2.28. The monoisotopic (exact) mass is 611 g/mol. The number of hydrogen-bond acceptors (Lipinski definition) is 6. The van der Waals surface area contributed by atoms with Gasteiger partial charge in [0.25, 0.3) is 5.56 Å². The molecular formula is C29H31BrFN5O4. The molecule has 1 amide bonds. The van der Waals surface area contributed by atoms with Crippen molar-refractivity contribution in [1.29, 1.82) is 0 Å². The molecule has 0 saturated carbocycles. The zero-order valence-corrected chi connectivity index (χ0v) is 23.9. The molecule has 1 aromatic heterocycles. The molecule has 0 aliphatic carbocycles. The van der Waals surface area contributed by atoms with E-state index in [0.29, 0.717) is 47.5 Å². The Morgan fingerprint density at radius 3 is 2.50 bits per heavy atom. The third-order valence-electron chi connectivity index (χ3n) is 6.42. The van der Waals surface area contributed by atoms with Gasteiger partial charge in [-0.2, -0.15) is 0 Å². The smallest absolute Gasteiger partial charge is 0.411 e. The van der Waals surface area contributed by atoms with Crippen molar-refractivity contribution in [2.75, 3.05) is 26.8 Å². The van der Waals surface area contributed by atoms with E-state index < -0.39 is 11.9 Å². The fraction of sp³-hybridized carbons (Fsp3) is 0.276. The first-order valence-corrected chi connectivity index (χ1v) is 13.5. The molecule has 0 radical (unpaired) electrons. The third kappa shape index (κ3) is 7.16. The highest BCUT2D eigenvalue weighted by Gasteiger charge is 2.26. The Kier molecular flexibility index (Phi) is 9.73. The van der Waals surface area contributed by atoms with Crippen molar-refractivity contribution in [1.82, 2.24) is 14.8 Å². The van der Waals surface area contributed by atoms with E-state index in [1.807, 2.05) is 30.3 Å². The molecule has 3 aromatic rings. The van der Waals surface area contributed by atoms with Gasteiger partial charge >= 0.3 is 6.09 Å². The van der Waals surface area contributed by atoms with Crippen molar-refractivity contribution in [3.8, 4) is 5.75 Å². The minimum atomic E-state index is -0.577. The second-order valence-electron chi connectivity index (χ2n) is 9.17. The Labute approximate surface area is 240 Å². The minimum absolute atomic E-state index is 0.0163. The predicted octanol–water partition coefficient (Wildman–Crippen LogP) is 4.18. The van der Waals surface area contributed by atoms with Crippen LogP contribution in [0.2, 0.25) is 0 Å². The van der Waals surface area contributed by atoms with E-state index in [2.05, 4.69) is 31.1 Å². The number of nitrogens with zero attached hydrogens (tertiary/aromatic N) is 3. The van der Waals surface area contributed by atoms with Gasteiger partial charge in [-0.3, -0.25) is 20.0 Å². The van der Waals surface area contributed by atoms with Crippen LogP contribution in [0.15, 0.2) is 86.3 Å². The molecule has 3 N–H and O–H groups in total. The Morgan fingerprint density at radius 1 is 1.10 bits per heavy atom. The van der Waals surface area contributed by atoms with E-state index in [1.54, 1.807) is 29.8 Å². The molecule has 1 aliphatic heterocycles. The molecule has 0 unspecified atom stereocenters. The van der Waals surface area contributed by atoms with E-state index >= 15 is 0 Å². The quantitative estimate of drug-likeness (QED) is 0.263. The van der Waals surface area contributed by atoms with Gasteiger partial charge in [-0.15, -0.1) is 0 Å². The summed E-state index contributed by atoms with van der Waals surface area (Å²) < 4.78 is 27.1. The number of nitrogens with one attached hydrogen (secondary N) is 1. The number of aromatic nitrogens is 1. The zero-order valence-electron chi connectivity index (χ0n) is 22.3. The largest absolute Gasteiger partial charge is 0.494 e. The fourth-order valence-corrected chi connectivity index (χ4v) is 4.81. The van der Waals surface area contributed by atoms with Gasteiger partial charge in [0.2, 0.25) is 0 Å². The second-order valence-corrected chi connectivity index (χ2v) is 10.0. The average molecular weight is 613 g/mol. The molecule has 2 heterocycles. The fourth-order valence-electron chi connectivity index (χ4n) is 4.38. The van der Waals surface area contributed by atoms with Gasteiger partial charge in [0, 0.05) is 53.2 Å². The number of nitrogens with two attached hydrogens (primary N) is 1. The zero-order chi connectivity index (χ0) is 28.6. The number of hydrogen-bond donors (Lipinski definition) is 2. The average Bonchev–Trinajstić information content (AvgIpc) is 3.32. The number of carbonyl (C=O) groups excluding carboxylic acids is 1. The summed E-state index contributed by atoms with van der Waals surface area (Å²) in [6.07, 6.45) is 1.19. The summed E-state index contributed by atoms with van der Waals surface area (Å²) >= 11 is 3.36. The summed E-state index contributed by atoms with van der Waals surface area (Å²) in [6, 6.07) is 16.3. The number of rotatable bonds is 10. The molecule has 2 aromatic carbocycles. The third-order valence-corrected chi connectivity index (χ3v) is 7.17. The number of methoxy groups -OCH3 is 1. The molecule has 40 heavy (non-hydrogen) atoms. The van der Waals surface area contributed by atoms with Crippen molar-refractivity contribution in [2.24, 2.45) is 10.7 Å². The number of pyridine rings is 1. The summed E-state index contributed by atoms with van der Waals surface area (Å²) in [4.78, 5) is 30.8. The molecule has 0 bridgehead atoms. The van der Waals surface area contributed by atoms with E-state index in [-0.39, 0.29) is 30.3 Å². The first kappa shape index (κ1) is 29.0. The van der Waals surface area contributed by atoms with Gasteiger partial charge in [-0.1, -0.05) is 46.3 Å². The van der Waals surface area contributed by atoms with Crippen LogP contribution in [0, 0.1) is 5.82 Å². The number of carbonyl (C=O) groups is 1. The Hall–Kier alpha value is -3.96. The van der Waals surface area contributed by atoms with Crippen LogP contribution in [0.1, 0.15) is 23.6 Å². The van der Waals surface area contributed by atoms with Gasteiger partial charge in [-0.05, 0) is 36.2 Å². The van der Waals surface area contributed by atoms with Gasteiger partial charge in [0.1, 0.15) is 5.84 Å². The molecule has 0 saturated heterocycles. The lowest BCUT2D eigenvalue weighted by atomic mass is 10.1. The predicted molar refractivity (Wildman–Crippen MR) is 155 cm³/mol. The van der Waals surface area contributed by atoms with Crippen LogP contribution in [0.3, 0.4) is 0 Å². The molecule has 11 heteroatoms. The van der Waals surface area contributed by atoms with Gasteiger partial charge in [0.15, 0.2) is 11.6 Å². The van der Waals surface area contributed by atoms with Crippen LogP contribution in [0.4, 0.5) is 9.18 Å². The summed E-state index contributed by atoms with van der Waals surface area (Å²) in [6.45, 7) is 3.86. The maximum Gasteiger partial charge on any atom is 0.411 e. The van der Waals surface area contributed by atoms with Gasteiger partial charge < -0.3 is 19.8 Å². The lowest BCUT2D eigenvalue weighted by molar-refractivity contribution is 0.154. The van der Waals surface area contributed by atoms with Crippen LogP contribution < -0.4 is 21.3 Å². The maximum absolute atomic E-state index is 14.8. The maximum atomic E-state index is 14.8. The lowest BCUT2D eigenvalue weighted by Gasteiger charge is -2.17. The van der Waals surface area contributed by atoms with E-state index in [1.165, 1.54) is 19.2 Å². The Balaban J connectivity index is 1.48. The highest BCUT2D eigenvalue weighted by Crippen LogP contribution is 2.28. The molecule has 0 fully saturated rings. The Morgan fingerprint density at radius 2 is 1.82 bits per heavy atom. The molecular weight excluding hydrogens is 581 g/mol. The summed E-state index contributed by atoms with van der Waals surface area (Å²) in [5, 5.41) is 2.79. The SMILES string of the molecule is CCOC(=O)NC1=C(C(N)=NCc2c(Br)ccc(OC)c2F)CN(Cc2ccc(Cn3ccccc3=O)cc2)C1. The highest BCUT2D eigenvalue weighted by atomic mass is 79.9. The molecule has 9 nitrogen and oxygen atoms in total. The van der Waals surface area contributed by atoms with Crippen LogP contribution in [0.5, 0.6) is 5.75 Å². The van der Waals surface area contributed by atoms with E-state index in [4.69, 9.17) is 15.2 Å². The number of halogens is 2. The van der Waals surface area contributed by atoms with Crippen molar-refractivity contribution >= 4 is 27.9 Å². The van der Waals surface area contributed by atoms with Gasteiger partial charge in [-0.25, -0.2) is 9.18 Å². The first-order chi connectivity index (χ1) is 19.3. The van der Waals surface area contributed by atoms with Crippen molar-refractivity contribution in [3.05, 3.63) is 109 Å².